The van der Waals surface area contributed by atoms with E-state index in [1.807, 2.05) is 29.2 Å². The van der Waals surface area contributed by atoms with Gasteiger partial charge in [0.1, 0.15) is 0 Å². The maximum absolute atomic E-state index is 12.9. The molecule has 1 aromatic carbocycles. The number of rotatable bonds is 3. The van der Waals surface area contributed by atoms with Gasteiger partial charge in [-0.3, -0.25) is 9.59 Å². The number of piperidine rings is 2. The minimum absolute atomic E-state index is 0. The van der Waals surface area contributed by atoms with E-state index < -0.39 is 0 Å². The van der Waals surface area contributed by atoms with Gasteiger partial charge >= 0.3 is 0 Å². The standard InChI is InChI=1S/C20H29N3O2.ClH/c1-14-8-11-23(12-9-14)20(25)17-5-3-4-6-18(17)22-19(24)16-7-10-21-15(2)13-16;/h3-6,14-16,21H,7-13H2,1-2H3,(H,22,24);1H/t15-,16-;/m0./s1. The van der Waals surface area contributed by atoms with Gasteiger partial charge in [0, 0.05) is 25.0 Å². The lowest BCUT2D eigenvalue weighted by Gasteiger charge is -2.31. The van der Waals surface area contributed by atoms with E-state index in [2.05, 4.69) is 24.5 Å². The van der Waals surface area contributed by atoms with Gasteiger partial charge in [0.05, 0.1) is 11.3 Å². The number of likely N-dealkylation sites (tertiary alicyclic amines) is 1. The van der Waals surface area contributed by atoms with Gasteiger partial charge in [-0.1, -0.05) is 19.1 Å². The average Bonchev–Trinajstić information content (AvgIpc) is 2.62. The molecule has 2 saturated heterocycles. The molecule has 2 aliphatic rings. The van der Waals surface area contributed by atoms with Crippen LogP contribution in [0.5, 0.6) is 0 Å². The van der Waals surface area contributed by atoms with Gasteiger partial charge in [-0.2, -0.15) is 0 Å². The van der Waals surface area contributed by atoms with E-state index in [0.29, 0.717) is 23.2 Å². The first-order chi connectivity index (χ1) is 12.0. The van der Waals surface area contributed by atoms with Crippen LogP contribution in [0.25, 0.3) is 0 Å². The first-order valence-electron chi connectivity index (χ1n) is 9.47. The van der Waals surface area contributed by atoms with Gasteiger partial charge < -0.3 is 15.5 Å². The van der Waals surface area contributed by atoms with Crippen molar-refractivity contribution in [2.45, 2.75) is 45.6 Å². The van der Waals surface area contributed by atoms with E-state index >= 15 is 0 Å². The lowest BCUT2D eigenvalue weighted by Crippen LogP contribution is -2.41. The number of nitrogens with one attached hydrogen (secondary N) is 2. The van der Waals surface area contributed by atoms with Crippen molar-refractivity contribution in [3.8, 4) is 0 Å². The topological polar surface area (TPSA) is 61.4 Å². The Bertz CT molecular complexity index is 629. The molecule has 26 heavy (non-hydrogen) atoms. The molecule has 2 heterocycles. The second kappa shape index (κ2) is 9.38. The highest BCUT2D eigenvalue weighted by molar-refractivity contribution is 6.04. The van der Waals surface area contributed by atoms with Gasteiger partial charge in [0.15, 0.2) is 0 Å². The zero-order chi connectivity index (χ0) is 17.8. The number of carbonyl (C=O) groups excluding carboxylic acids is 2. The molecule has 0 spiro atoms. The number of benzene rings is 1. The fourth-order valence-corrected chi connectivity index (χ4v) is 3.77. The molecule has 1 aromatic rings. The van der Waals surface area contributed by atoms with Crippen LogP contribution in [-0.4, -0.2) is 42.4 Å². The van der Waals surface area contributed by atoms with E-state index in [0.717, 1.165) is 45.3 Å². The van der Waals surface area contributed by atoms with Crippen LogP contribution in [0.1, 0.15) is 49.9 Å². The number of carbonyl (C=O) groups is 2. The molecule has 0 unspecified atom stereocenters. The second-order valence-electron chi connectivity index (χ2n) is 7.59. The highest BCUT2D eigenvalue weighted by Crippen LogP contribution is 2.24. The Kier molecular flexibility index (Phi) is 7.47. The molecule has 144 valence electrons. The fourth-order valence-electron chi connectivity index (χ4n) is 3.77. The van der Waals surface area contributed by atoms with Gasteiger partial charge in [0.25, 0.3) is 5.91 Å². The Hall–Kier alpha value is -1.59. The summed E-state index contributed by atoms with van der Waals surface area (Å²) in [7, 11) is 0. The van der Waals surface area contributed by atoms with Crippen molar-refractivity contribution in [1.82, 2.24) is 10.2 Å². The molecule has 0 aliphatic carbocycles. The van der Waals surface area contributed by atoms with Crippen molar-refractivity contribution < 1.29 is 9.59 Å². The SMILES string of the molecule is CC1CCN(C(=O)c2ccccc2NC(=O)[C@H]2CCN[C@@H](C)C2)CC1.Cl. The van der Waals surface area contributed by atoms with Crippen LogP contribution in [-0.2, 0) is 4.79 Å². The predicted molar refractivity (Wildman–Crippen MR) is 107 cm³/mol. The van der Waals surface area contributed by atoms with Gasteiger partial charge in [-0.25, -0.2) is 0 Å². The lowest BCUT2D eigenvalue weighted by atomic mass is 9.92. The van der Waals surface area contributed by atoms with Crippen LogP contribution in [0.4, 0.5) is 5.69 Å². The normalized spacial score (nSPS) is 23.8. The molecule has 2 N–H and O–H groups in total. The molecule has 6 heteroatoms. The highest BCUT2D eigenvalue weighted by Gasteiger charge is 2.27. The largest absolute Gasteiger partial charge is 0.339 e. The monoisotopic (exact) mass is 379 g/mol. The Morgan fingerprint density at radius 3 is 2.50 bits per heavy atom. The minimum Gasteiger partial charge on any atom is -0.339 e. The van der Waals surface area contributed by atoms with Crippen LogP contribution in [0.15, 0.2) is 24.3 Å². The summed E-state index contributed by atoms with van der Waals surface area (Å²) in [4.78, 5) is 27.5. The predicted octanol–water partition coefficient (Wildman–Crippen LogP) is 3.31. The smallest absolute Gasteiger partial charge is 0.255 e. The van der Waals surface area contributed by atoms with Crippen molar-refractivity contribution >= 4 is 29.9 Å². The summed E-state index contributed by atoms with van der Waals surface area (Å²) in [5, 5.41) is 6.38. The molecule has 2 aliphatic heterocycles. The van der Waals surface area contributed by atoms with Crippen molar-refractivity contribution in [1.29, 1.82) is 0 Å². The second-order valence-corrected chi connectivity index (χ2v) is 7.59. The number of amides is 2. The van der Waals surface area contributed by atoms with E-state index in [4.69, 9.17) is 0 Å². The zero-order valence-electron chi connectivity index (χ0n) is 15.7. The Labute approximate surface area is 162 Å². The molecule has 2 amide bonds. The van der Waals surface area contributed by atoms with Crippen molar-refractivity contribution in [2.24, 2.45) is 11.8 Å². The first kappa shape index (κ1) is 20.7. The summed E-state index contributed by atoms with van der Waals surface area (Å²) < 4.78 is 0. The molecular weight excluding hydrogens is 350 g/mol. The van der Waals surface area contributed by atoms with Gasteiger partial charge in [0.2, 0.25) is 5.91 Å². The summed E-state index contributed by atoms with van der Waals surface area (Å²) in [5.41, 5.74) is 1.25. The summed E-state index contributed by atoms with van der Waals surface area (Å²) in [6.45, 7) is 6.80. The van der Waals surface area contributed by atoms with Gasteiger partial charge in [-0.05, 0) is 57.2 Å². The van der Waals surface area contributed by atoms with Crippen LogP contribution >= 0.6 is 12.4 Å². The van der Waals surface area contributed by atoms with Gasteiger partial charge in [-0.15, -0.1) is 12.4 Å². The fraction of sp³-hybridized carbons (Fsp3) is 0.600. The van der Waals surface area contributed by atoms with Crippen LogP contribution < -0.4 is 10.6 Å². The summed E-state index contributed by atoms with van der Waals surface area (Å²) in [5.74, 6) is 0.749. The summed E-state index contributed by atoms with van der Waals surface area (Å²) in [6, 6.07) is 7.75. The number of anilines is 1. The minimum atomic E-state index is 0. The van der Waals surface area contributed by atoms with Crippen LogP contribution in [0.3, 0.4) is 0 Å². The van der Waals surface area contributed by atoms with Crippen LogP contribution in [0.2, 0.25) is 0 Å². The third-order valence-electron chi connectivity index (χ3n) is 5.48. The number of halogens is 1. The quantitative estimate of drug-likeness (QED) is 0.846. The molecule has 2 fully saturated rings. The average molecular weight is 380 g/mol. The number of nitrogens with zero attached hydrogens (tertiary/aromatic N) is 1. The molecule has 3 rings (SSSR count). The Balaban J connectivity index is 0.00000243. The first-order valence-corrected chi connectivity index (χ1v) is 9.47. The van der Waals surface area contributed by atoms with Crippen molar-refractivity contribution in [3.05, 3.63) is 29.8 Å². The number of hydrogen-bond acceptors (Lipinski definition) is 3. The molecule has 0 aromatic heterocycles. The molecule has 2 atom stereocenters. The molecule has 0 radical (unpaired) electrons. The van der Waals surface area contributed by atoms with E-state index in [-0.39, 0.29) is 30.1 Å². The molecule has 0 saturated carbocycles. The molecule has 0 bridgehead atoms. The van der Waals surface area contributed by atoms with Crippen LogP contribution in [0, 0.1) is 11.8 Å². The molecule has 5 nitrogen and oxygen atoms in total. The zero-order valence-corrected chi connectivity index (χ0v) is 16.5. The Morgan fingerprint density at radius 2 is 1.81 bits per heavy atom. The van der Waals surface area contributed by atoms with E-state index in [1.54, 1.807) is 0 Å². The maximum atomic E-state index is 12.9. The van der Waals surface area contributed by atoms with Crippen molar-refractivity contribution in [2.75, 3.05) is 25.0 Å². The van der Waals surface area contributed by atoms with E-state index in [1.165, 1.54) is 0 Å². The Morgan fingerprint density at radius 1 is 1.12 bits per heavy atom. The lowest BCUT2D eigenvalue weighted by molar-refractivity contribution is -0.120. The summed E-state index contributed by atoms with van der Waals surface area (Å²) in [6.07, 6.45) is 3.78. The summed E-state index contributed by atoms with van der Waals surface area (Å²) >= 11 is 0. The number of para-hydroxylation sites is 1. The third kappa shape index (κ3) is 4.98. The number of hydrogen-bond donors (Lipinski definition) is 2. The maximum Gasteiger partial charge on any atom is 0.255 e. The van der Waals surface area contributed by atoms with Crippen molar-refractivity contribution in [3.63, 3.8) is 0 Å². The highest BCUT2D eigenvalue weighted by atomic mass is 35.5. The molecular formula is C20H30ClN3O2. The van der Waals surface area contributed by atoms with E-state index in [9.17, 15) is 9.59 Å². The third-order valence-corrected chi connectivity index (χ3v) is 5.48.